The van der Waals surface area contributed by atoms with Crippen molar-refractivity contribution in [1.29, 1.82) is 0 Å². The van der Waals surface area contributed by atoms with E-state index in [1.165, 1.54) is 19.2 Å². The summed E-state index contributed by atoms with van der Waals surface area (Å²) in [6, 6.07) is 11.1. The van der Waals surface area contributed by atoms with Crippen molar-refractivity contribution in [1.82, 2.24) is 19.9 Å². The summed E-state index contributed by atoms with van der Waals surface area (Å²) in [5.74, 6) is 0.00773. The average molecular weight is 509 g/mol. The molecule has 4 rings (SSSR count). The summed E-state index contributed by atoms with van der Waals surface area (Å²) in [5.41, 5.74) is 2.92. The zero-order valence-corrected chi connectivity index (χ0v) is 20.2. The first-order valence-electron chi connectivity index (χ1n) is 11.0. The molecule has 0 saturated carbocycles. The fourth-order valence-corrected chi connectivity index (χ4v) is 3.31. The number of carbonyl (C=O) groups excluding carboxylic acids is 2. The van der Waals surface area contributed by atoms with Gasteiger partial charge in [-0.25, -0.2) is 4.98 Å². The number of halogens is 3. The topological polar surface area (TPSA) is 110 Å². The molecule has 0 aliphatic carbocycles. The van der Waals surface area contributed by atoms with E-state index in [4.69, 9.17) is 4.79 Å². The van der Waals surface area contributed by atoms with Crippen molar-refractivity contribution in [3.8, 4) is 22.4 Å². The Morgan fingerprint density at radius 1 is 0.919 bits per heavy atom. The van der Waals surface area contributed by atoms with Gasteiger partial charge in [0.1, 0.15) is 17.8 Å². The van der Waals surface area contributed by atoms with Crippen molar-refractivity contribution in [3.63, 3.8) is 0 Å². The van der Waals surface area contributed by atoms with Crippen LogP contribution in [0.1, 0.15) is 28.7 Å². The highest BCUT2D eigenvalue weighted by atomic mass is 19.4. The molecule has 2 N–H and O–H groups in total. The van der Waals surface area contributed by atoms with E-state index < -0.39 is 17.8 Å². The van der Waals surface area contributed by atoms with E-state index in [1.54, 1.807) is 25.5 Å². The molecule has 190 valence electrons. The summed E-state index contributed by atoms with van der Waals surface area (Å²) in [6.45, 7) is 3.27. The number of hydrogen-bond acceptors (Lipinski definition) is 7. The number of aryl methyl sites for hydroxylation is 1. The maximum absolute atomic E-state index is 12.9. The quantitative estimate of drug-likeness (QED) is 0.346. The largest absolute Gasteiger partial charge is 0.433 e. The standard InChI is InChI=1S/C24H19F3N6O.C2H4O/c1-14-19(15-3-6-29-20(9-15)16-4-8-31-22(11-16)28-2)12-18(13-32-14)33-23(34)17-5-7-30-21(10-17)24(25,26)27;1-2-3/h3-13H,1-2H3,(H,28,31)(H,33,34);2H,1H3. The van der Waals surface area contributed by atoms with Crippen LogP contribution in [-0.2, 0) is 11.0 Å². The minimum absolute atomic E-state index is 0.159. The number of pyridine rings is 4. The van der Waals surface area contributed by atoms with Gasteiger partial charge in [-0.3, -0.25) is 19.7 Å². The van der Waals surface area contributed by atoms with Crippen LogP contribution in [0.4, 0.5) is 24.7 Å². The van der Waals surface area contributed by atoms with Gasteiger partial charge in [-0.15, -0.1) is 0 Å². The molecule has 0 spiro atoms. The molecule has 11 heteroatoms. The molecule has 1 amide bonds. The number of anilines is 2. The van der Waals surface area contributed by atoms with Gasteiger partial charge in [-0.2, -0.15) is 13.2 Å². The molecule has 4 heterocycles. The average Bonchev–Trinajstić information content (AvgIpc) is 2.90. The molecule has 0 unspecified atom stereocenters. The normalized spacial score (nSPS) is 10.6. The van der Waals surface area contributed by atoms with Gasteiger partial charge in [0.05, 0.1) is 17.6 Å². The van der Waals surface area contributed by atoms with E-state index in [2.05, 4.69) is 30.6 Å². The molecule has 4 aromatic rings. The lowest BCUT2D eigenvalue weighted by Gasteiger charge is -2.12. The van der Waals surface area contributed by atoms with Crippen LogP contribution in [0.2, 0.25) is 0 Å². The van der Waals surface area contributed by atoms with Crippen LogP contribution in [-0.4, -0.2) is 39.2 Å². The molecule has 0 radical (unpaired) electrons. The summed E-state index contributed by atoms with van der Waals surface area (Å²) >= 11 is 0. The van der Waals surface area contributed by atoms with Crippen LogP contribution < -0.4 is 10.6 Å². The van der Waals surface area contributed by atoms with E-state index in [0.717, 1.165) is 34.9 Å². The lowest BCUT2D eigenvalue weighted by atomic mass is 10.0. The minimum Gasteiger partial charge on any atom is -0.373 e. The van der Waals surface area contributed by atoms with Crippen LogP contribution in [0, 0.1) is 6.92 Å². The number of rotatable bonds is 5. The predicted molar refractivity (Wildman–Crippen MR) is 134 cm³/mol. The zero-order valence-electron chi connectivity index (χ0n) is 20.2. The number of nitrogens with zero attached hydrogens (tertiary/aromatic N) is 4. The number of amides is 1. The number of aldehydes is 1. The molecule has 0 aliphatic rings. The van der Waals surface area contributed by atoms with Crippen molar-refractivity contribution >= 4 is 23.7 Å². The van der Waals surface area contributed by atoms with Crippen LogP contribution in [0.25, 0.3) is 22.4 Å². The van der Waals surface area contributed by atoms with Gasteiger partial charge < -0.3 is 15.4 Å². The lowest BCUT2D eigenvalue weighted by molar-refractivity contribution is -0.141. The molecule has 37 heavy (non-hydrogen) atoms. The summed E-state index contributed by atoms with van der Waals surface area (Å²) < 4.78 is 38.8. The van der Waals surface area contributed by atoms with E-state index in [9.17, 15) is 18.0 Å². The Bertz CT molecular complexity index is 1410. The summed E-state index contributed by atoms with van der Waals surface area (Å²) in [6.07, 6.45) is 1.86. The van der Waals surface area contributed by atoms with E-state index in [1.807, 2.05) is 31.2 Å². The number of alkyl halides is 3. The fourth-order valence-electron chi connectivity index (χ4n) is 3.31. The third kappa shape index (κ3) is 6.94. The molecule has 0 bridgehead atoms. The van der Waals surface area contributed by atoms with E-state index >= 15 is 0 Å². The molecule has 0 aromatic carbocycles. The number of carbonyl (C=O) groups is 2. The van der Waals surface area contributed by atoms with Gasteiger partial charge in [0.2, 0.25) is 0 Å². The monoisotopic (exact) mass is 508 g/mol. The maximum Gasteiger partial charge on any atom is 0.433 e. The molecule has 0 atom stereocenters. The van der Waals surface area contributed by atoms with Crippen LogP contribution >= 0.6 is 0 Å². The number of nitrogens with one attached hydrogen (secondary N) is 2. The Morgan fingerprint density at radius 3 is 2.30 bits per heavy atom. The first-order chi connectivity index (χ1) is 17.7. The van der Waals surface area contributed by atoms with Crippen molar-refractivity contribution in [2.75, 3.05) is 17.7 Å². The van der Waals surface area contributed by atoms with Crippen molar-refractivity contribution in [3.05, 3.63) is 84.2 Å². The second-order valence-corrected chi connectivity index (χ2v) is 7.58. The highest BCUT2D eigenvalue weighted by molar-refractivity contribution is 6.04. The minimum atomic E-state index is -4.64. The highest BCUT2D eigenvalue weighted by Crippen LogP contribution is 2.30. The van der Waals surface area contributed by atoms with Crippen LogP contribution in [0.3, 0.4) is 0 Å². The Balaban J connectivity index is 0.00000121. The fraction of sp³-hybridized carbons (Fsp3) is 0.154. The second kappa shape index (κ2) is 11.8. The van der Waals surface area contributed by atoms with Crippen LogP contribution in [0.5, 0.6) is 0 Å². The first kappa shape index (κ1) is 26.9. The molecular formula is C26H23F3N6O2. The van der Waals surface area contributed by atoms with Crippen molar-refractivity contribution in [2.24, 2.45) is 0 Å². The van der Waals surface area contributed by atoms with E-state index in [-0.39, 0.29) is 5.56 Å². The first-order valence-corrected chi connectivity index (χ1v) is 11.0. The van der Waals surface area contributed by atoms with Crippen LogP contribution in [0.15, 0.2) is 67.3 Å². The summed E-state index contributed by atoms with van der Waals surface area (Å²) in [5, 5.41) is 5.59. The molecular weight excluding hydrogens is 485 g/mol. The lowest BCUT2D eigenvalue weighted by Crippen LogP contribution is -2.15. The smallest absolute Gasteiger partial charge is 0.373 e. The summed E-state index contributed by atoms with van der Waals surface area (Å²) in [7, 11) is 1.78. The summed E-state index contributed by atoms with van der Waals surface area (Å²) in [4.78, 5) is 37.6. The third-order valence-corrected chi connectivity index (χ3v) is 5.04. The SMILES string of the molecule is CC=O.CNc1cc(-c2cc(-c3cc(NC(=O)c4ccnc(C(F)(F)F)c4)cnc3C)ccn2)ccn1. The zero-order chi connectivity index (χ0) is 27.0. The van der Waals surface area contributed by atoms with E-state index in [0.29, 0.717) is 23.3 Å². The van der Waals surface area contributed by atoms with Crippen molar-refractivity contribution in [2.45, 2.75) is 20.0 Å². The molecule has 0 saturated heterocycles. The molecule has 8 nitrogen and oxygen atoms in total. The van der Waals surface area contributed by atoms with Gasteiger partial charge in [0.25, 0.3) is 5.91 Å². The molecule has 0 fully saturated rings. The molecule has 0 aliphatic heterocycles. The van der Waals surface area contributed by atoms with Gasteiger partial charge in [0.15, 0.2) is 0 Å². The Hall–Kier alpha value is -4.67. The molecule has 4 aromatic heterocycles. The van der Waals surface area contributed by atoms with Gasteiger partial charge in [0, 0.05) is 48.0 Å². The second-order valence-electron chi connectivity index (χ2n) is 7.58. The number of aromatic nitrogens is 4. The highest BCUT2D eigenvalue weighted by Gasteiger charge is 2.33. The Labute approximate surface area is 211 Å². The Kier molecular flexibility index (Phi) is 8.62. The van der Waals surface area contributed by atoms with Gasteiger partial charge in [-0.1, -0.05) is 0 Å². The van der Waals surface area contributed by atoms with Gasteiger partial charge >= 0.3 is 6.18 Å². The third-order valence-electron chi connectivity index (χ3n) is 5.04. The van der Waals surface area contributed by atoms with Gasteiger partial charge in [-0.05, 0) is 61.9 Å². The predicted octanol–water partition coefficient (Wildman–Crippen LogP) is 5.43. The Morgan fingerprint density at radius 2 is 1.59 bits per heavy atom. The number of hydrogen-bond donors (Lipinski definition) is 2. The maximum atomic E-state index is 12.9. The van der Waals surface area contributed by atoms with Crippen molar-refractivity contribution < 1.29 is 22.8 Å².